The minimum Gasteiger partial charge on any atom is -0.494 e. The van der Waals surface area contributed by atoms with Gasteiger partial charge in [0.2, 0.25) is 5.91 Å². The molecule has 5 N–H and O–H groups in total. The molecule has 3 amide bonds. The van der Waals surface area contributed by atoms with Crippen LogP contribution in [0.2, 0.25) is 0 Å². The van der Waals surface area contributed by atoms with Gasteiger partial charge in [-0.25, -0.2) is 28.7 Å². The van der Waals surface area contributed by atoms with Gasteiger partial charge in [-0.05, 0) is 125 Å². The minimum absolute atomic E-state index is 0. The highest BCUT2D eigenvalue weighted by molar-refractivity contribution is 6.02. The molecule has 21 heteroatoms. The Balaban J connectivity index is 0.000000229. The molecule has 2 aromatic carbocycles. The summed E-state index contributed by atoms with van der Waals surface area (Å²) in [7, 11) is 2.78. The number of benzene rings is 2. The summed E-state index contributed by atoms with van der Waals surface area (Å²) in [6.45, 7) is 3.84. The smallest absolute Gasteiger partial charge is 0.270 e. The molecular weight excluding hydrogens is 928 g/mol. The van der Waals surface area contributed by atoms with Crippen LogP contribution in [-0.2, 0) is 27.6 Å². The lowest BCUT2D eigenvalue weighted by Crippen LogP contribution is -2.39. The van der Waals surface area contributed by atoms with Gasteiger partial charge >= 0.3 is 0 Å². The fourth-order valence-electron chi connectivity index (χ4n) is 8.94. The molecule has 0 bridgehead atoms. The van der Waals surface area contributed by atoms with E-state index in [2.05, 4.69) is 46.2 Å². The lowest BCUT2D eigenvalue weighted by atomic mass is 9.81. The summed E-state index contributed by atoms with van der Waals surface area (Å²) in [6.07, 6.45) is 8.57. The molecule has 0 radical (unpaired) electrons. The van der Waals surface area contributed by atoms with Crippen LogP contribution < -0.4 is 31.2 Å². The quantitative estimate of drug-likeness (QED) is 0.109. The topological polar surface area (TPSA) is 250 Å². The number of hydrogen-bond acceptors (Lipinski definition) is 15. The number of carbonyl (C=O) groups excluding carboxylic acids is 3. The predicted molar refractivity (Wildman–Crippen MR) is 255 cm³/mol. The van der Waals surface area contributed by atoms with Gasteiger partial charge < -0.3 is 40.8 Å². The number of nitriles is 1. The molecule has 2 aliphatic heterocycles. The summed E-state index contributed by atoms with van der Waals surface area (Å²) in [5.41, 5.74) is 10.4. The number of nitrogens with one attached hydrogen (secondary N) is 3. The maximum atomic E-state index is 13.6. The maximum absolute atomic E-state index is 13.6. The molecule has 70 heavy (non-hydrogen) atoms. The van der Waals surface area contributed by atoms with Crippen LogP contribution in [0.5, 0.6) is 11.5 Å². The third-order valence-corrected chi connectivity index (χ3v) is 12.7. The van der Waals surface area contributed by atoms with Crippen molar-refractivity contribution in [2.75, 3.05) is 14.2 Å². The third-order valence-electron chi connectivity index (χ3n) is 12.7. The Morgan fingerprint density at radius 3 is 1.57 bits per heavy atom. The maximum Gasteiger partial charge on any atom is 0.270 e. The molecule has 4 aliphatic rings. The van der Waals surface area contributed by atoms with Crippen molar-refractivity contribution in [3.8, 4) is 17.6 Å². The number of hydrogen-bond donors (Lipinski definition) is 4. The largest absolute Gasteiger partial charge is 0.494 e. The fraction of sp³-hybridized carbons (Fsp3) is 0.469. The SMILES string of the molecule is COc1cc(CNC(=O)c2cc(C3=NOC(C4CCC(N)CC4)C3)nc(C)n2)ccc1F.COc1cc(CNC(=O)c2cc(C3=NOC(C4CCC(NC(=O)CC#N)CC4)C3)nc(C)n2)ccc1F.Cl. The lowest BCUT2D eigenvalue weighted by molar-refractivity contribution is -0.121. The summed E-state index contributed by atoms with van der Waals surface area (Å²) in [4.78, 5) is 66.1. The summed E-state index contributed by atoms with van der Waals surface area (Å²) in [5.74, 6) is -0.00148. The summed E-state index contributed by atoms with van der Waals surface area (Å²) in [6, 6.07) is 14.3. The number of ether oxygens (including phenoxy) is 2. The van der Waals surface area contributed by atoms with Gasteiger partial charge in [0.15, 0.2) is 23.1 Å². The van der Waals surface area contributed by atoms with E-state index in [-0.39, 0.29) is 96.8 Å². The molecule has 2 fully saturated rings. The minimum atomic E-state index is -0.470. The molecular formula is C49H58ClF2N11O7. The van der Waals surface area contributed by atoms with Crippen LogP contribution in [0.3, 0.4) is 0 Å². The van der Waals surface area contributed by atoms with Crippen LogP contribution in [0.15, 0.2) is 58.8 Å². The van der Waals surface area contributed by atoms with Crippen molar-refractivity contribution in [3.05, 3.63) is 106 Å². The predicted octanol–water partition coefficient (Wildman–Crippen LogP) is 6.24. The van der Waals surface area contributed by atoms with E-state index >= 15 is 0 Å². The van der Waals surface area contributed by atoms with Crippen molar-refractivity contribution in [2.45, 2.75) is 122 Å². The van der Waals surface area contributed by atoms with E-state index in [9.17, 15) is 23.2 Å². The van der Waals surface area contributed by atoms with Crippen LogP contribution in [0.25, 0.3) is 0 Å². The normalized spacial score (nSPS) is 21.4. The van der Waals surface area contributed by atoms with Gasteiger partial charge in [0.25, 0.3) is 11.8 Å². The van der Waals surface area contributed by atoms with E-state index in [4.69, 9.17) is 30.1 Å². The number of nitrogens with two attached hydrogens (primary N) is 1. The van der Waals surface area contributed by atoms with Crippen LogP contribution >= 0.6 is 12.4 Å². The average Bonchev–Trinajstić information content (AvgIpc) is 4.06. The van der Waals surface area contributed by atoms with Crippen molar-refractivity contribution in [2.24, 2.45) is 27.9 Å². The molecule has 2 aliphatic carbocycles. The number of amides is 3. The summed E-state index contributed by atoms with van der Waals surface area (Å²) < 4.78 is 37.2. The molecule has 4 aromatic rings. The number of nitrogens with zero attached hydrogens (tertiary/aromatic N) is 7. The summed E-state index contributed by atoms with van der Waals surface area (Å²) in [5, 5.41) is 25.7. The number of rotatable bonds is 14. The van der Waals surface area contributed by atoms with Gasteiger partial charge in [0.05, 0.1) is 31.7 Å². The van der Waals surface area contributed by atoms with Gasteiger partial charge in [0.1, 0.15) is 53.1 Å². The molecule has 2 aromatic heterocycles. The first-order chi connectivity index (χ1) is 33.3. The Bertz CT molecular complexity index is 2620. The zero-order valence-corrected chi connectivity index (χ0v) is 40.3. The second-order valence-corrected chi connectivity index (χ2v) is 17.6. The zero-order chi connectivity index (χ0) is 49.0. The molecule has 8 rings (SSSR count). The number of oxime groups is 2. The van der Waals surface area contributed by atoms with Gasteiger partial charge in [0, 0.05) is 38.0 Å². The van der Waals surface area contributed by atoms with Gasteiger partial charge in [-0.1, -0.05) is 22.4 Å². The van der Waals surface area contributed by atoms with E-state index in [1.807, 2.05) is 6.07 Å². The standard InChI is InChI=1S/C26H29FN6O4.C23H28FN5O3.ClH/c1-15-30-20(12-22(31-15)26(35)29-14-16-3-8-19(27)24(11-16)36-2)21-13-23(37-33-21)17-4-6-18(7-5-17)32-25(34)9-10-28;1-13-27-18(19-11-21(32-29-19)15-4-6-16(25)7-5-15)10-20(28-13)23(30)26-12-14-3-8-17(24)22(9-14)31-2;/h3,8,11-12,17-18,23H,4-7,9,13-14H2,1-2H3,(H,29,35)(H,32,34);3,8-10,15-16,21H,4-7,11-12,25H2,1-2H3,(H,26,30);1H. The third kappa shape index (κ3) is 13.9. The van der Waals surface area contributed by atoms with Crippen molar-refractivity contribution >= 4 is 41.6 Å². The Morgan fingerprint density at radius 2 is 1.14 bits per heavy atom. The van der Waals surface area contributed by atoms with Crippen molar-refractivity contribution < 1.29 is 42.3 Å². The van der Waals surface area contributed by atoms with Gasteiger partial charge in [-0.15, -0.1) is 12.4 Å². The monoisotopic (exact) mass is 985 g/mol. The summed E-state index contributed by atoms with van der Waals surface area (Å²) >= 11 is 0. The van der Waals surface area contributed by atoms with E-state index in [0.29, 0.717) is 64.6 Å². The molecule has 4 heterocycles. The average molecular weight is 987 g/mol. The van der Waals surface area contributed by atoms with E-state index in [0.717, 1.165) is 57.1 Å². The van der Waals surface area contributed by atoms with Crippen LogP contribution in [0.1, 0.15) is 126 Å². The molecule has 0 saturated heterocycles. The fourth-order valence-corrected chi connectivity index (χ4v) is 8.94. The molecule has 2 atom stereocenters. The second-order valence-electron chi connectivity index (χ2n) is 17.6. The van der Waals surface area contributed by atoms with E-state index < -0.39 is 11.6 Å². The Hall–Kier alpha value is -6.85. The van der Waals surface area contributed by atoms with Crippen LogP contribution in [0, 0.1) is 48.6 Å². The molecule has 372 valence electrons. The lowest BCUT2D eigenvalue weighted by Gasteiger charge is -2.31. The molecule has 2 unspecified atom stereocenters. The highest BCUT2D eigenvalue weighted by atomic mass is 35.5. The Labute approximate surface area is 411 Å². The first-order valence-corrected chi connectivity index (χ1v) is 23.1. The van der Waals surface area contributed by atoms with Gasteiger partial charge in [-0.2, -0.15) is 5.26 Å². The number of halogens is 3. The highest BCUT2D eigenvalue weighted by Gasteiger charge is 2.35. The van der Waals surface area contributed by atoms with Gasteiger partial charge in [-0.3, -0.25) is 14.4 Å². The first kappa shape index (κ1) is 52.5. The Kier molecular flexibility index (Phi) is 18.5. The van der Waals surface area contributed by atoms with E-state index in [1.54, 1.807) is 44.2 Å². The zero-order valence-electron chi connectivity index (χ0n) is 39.5. The van der Waals surface area contributed by atoms with Crippen LogP contribution in [-0.4, -0.2) is 87.6 Å². The number of aromatic nitrogens is 4. The van der Waals surface area contributed by atoms with E-state index in [1.165, 1.54) is 32.4 Å². The van der Waals surface area contributed by atoms with Crippen molar-refractivity contribution in [1.82, 2.24) is 35.9 Å². The molecule has 0 spiro atoms. The highest BCUT2D eigenvalue weighted by Crippen LogP contribution is 2.34. The van der Waals surface area contributed by atoms with Crippen molar-refractivity contribution in [3.63, 3.8) is 0 Å². The first-order valence-electron chi connectivity index (χ1n) is 23.1. The second kappa shape index (κ2) is 24.6. The van der Waals surface area contributed by atoms with Crippen LogP contribution in [0.4, 0.5) is 8.78 Å². The molecule has 18 nitrogen and oxygen atoms in total. The number of methoxy groups -OCH3 is 2. The Morgan fingerprint density at radius 1 is 0.700 bits per heavy atom. The van der Waals surface area contributed by atoms with Crippen molar-refractivity contribution in [1.29, 1.82) is 5.26 Å². The number of carbonyl (C=O) groups is 3. The number of aryl methyl sites for hydroxylation is 2. The molecule has 2 saturated carbocycles.